The molecule has 0 amide bonds. The van der Waals surface area contributed by atoms with Crippen LogP contribution in [0.2, 0.25) is 0 Å². The Hall–Kier alpha value is -1.16. The zero-order chi connectivity index (χ0) is 7.56. The van der Waals surface area contributed by atoms with Crippen LogP contribution in [0.1, 0.15) is 0 Å². The van der Waals surface area contributed by atoms with Crippen LogP contribution in [0, 0.1) is 0 Å². The molecular weight excluding hydrogens is 136 g/mol. The molecule has 0 saturated heterocycles. The smallest absolute Gasteiger partial charge is 0.333 e. The molecule has 0 radical (unpaired) electrons. The van der Waals surface area contributed by atoms with E-state index in [1.165, 1.54) is 7.11 Å². The number of ether oxygens (including phenoxy) is 2. The first-order valence-corrected chi connectivity index (χ1v) is 2.69. The van der Waals surface area contributed by atoms with Crippen LogP contribution in [0.15, 0.2) is 12.2 Å². The number of rotatable bonds is 1. The van der Waals surface area contributed by atoms with Crippen molar-refractivity contribution < 1.29 is 19.1 Å². The van der Waals surface area contributed by atoms with Crippen LogP contribution in [0.3, 0.4) is 0 Å². The van der Waals surface area contributed by atoms with Crippen LogP contribution in [0.4, 0.5) is 0 Å². The molecule has 54 valence electrons. The Balaban J connectivity index is 2.71. The molecular formula is C6H6O4. The van der Waals surface area contributed by atoms with Crippen LogP contribution in [0.25, 0.3) is 0 Å². The Morgan fingerprint density at radius 2 is 2.20 bits per heavy atom. The maximum Gasteiger partial charge on any atom is 0.333 e. The van der Waals surface area contributed by atoms with Crippen molar-refractivity contribution in [2.24, 2.45) is 0 Å². The molecule has 0 aliphatic carbocycles. The minimum Gasteiger partial charge on any atom is -0.424 e. The van der Waals surface area contributed by atoms with Gasteiger partial charge in [0.05, 0.1) is 0 Å². The van der Waals surface area contributed by atoms with E-state index in [4.69, 9.17) is 0 Å². The molecule has 0 N–H and O–H groups in total. The van der Waals surface area contributed by atoms with E-state index in [1.54, 1.807) is 0 Å². The van der Waals surface area contributed by atoms with Crippen molar-refractivity contribution in [2.45, 2.75) is 6.29 Å². The number of hydrogen-bond donors (Lipinski definition) is 0. The maximum absolute atomic E-state index is 10.7. The summed E-state index contributed by atoms with van der Waals surface area (Å²) >= 11 is 0. The Labute approximate surface area is 57.4 Å². The number of methoxy groups -OCH3 is 1. The Morgan fingerprint density at radius 3 is 2.70 bits per heavy atom. The van der Waals surface area contributed by atoms with Gasteiger partial charge >= 0.3 is 5.97 Å². The standard InChI is InChI=1S/C6H6O4/c1-9-6-4(7)2-3-5(8)10-6/h2-3,6H,1H3. The first-order chi connectivity index (χ1) is 4.74. The third-order valence-corrected chi connectivity index (χ3v) is 1.05. The second kappa shape index (κ2) is 2.62. The molecule has 1 heterocycles. The lowest BCUT2D eigenvalue weighted by Crippen LogP contribution is -2.30. The second-order valence-electron chi connectivity index (χ2n) is 1.74. The van der Waals surface area contributed by atoms with Crippen molar-refractivity contribution in [2.75, 3.05) is 7.11 Å². The number of hydrogen-bond acceptors (Lipinski definition) is 4. The van der Waals surface area contributed by atoms with E-state index < -0.39 is 12.3 Å². The van der Waals surface area contributed by atoms with Crippen molar-refractivity contribution in [1.82, 2.24) is 0 Å². The van der Waals surface area contributed by atoms with Crippen molar-refractivity contribution in [3.63, 3.8) is 0 Å². The van der Waals surface area contributed by atoms with Crippen molar-refractivity contribution in [1.29, 1.82) is 0 Å². The highest BCUT2D eigenvalue weighted by atomic mass is 16.7. The van der Waals surface area contributed by atoms with E-state index in [0.29, 0.717) is 0 Å². The van der Waals surface area contributed by atoms with Crippen LogP contribution in [0.5, 0.6) is 0 Å². The highest BCUT2D eigenvalue weighted by Gasteiger charge is 2.22. The lowest BCUT2D eigenvalue weighted by atomic mass is 10.3. The summed E-state index contributed by atoms with van der Waals surface area (Å²) in [7, 11) is 1.30. The van der Waals surface area contributed by atoms with Crippen LogP contribution in [-0.2, 0) is 19.1 Å². The van der Waals surface area contributed by atoms with Gasteiger partial charge in [0.15, 0.2) is 0 Å². The minimum atomic E-state index is -1.04. The first-order valence-electron chi connectivity index (χ1n) is 2.69. The molecule has 1 aliphatic rings. The highest BCUT2D eigenvalue weighted by molar-refractivity contribution is 6.02. The summed E-state index contributed by atoms with van der Waals surface area (Å²) in [6.45, 7) is 0. The Morgan fingerprint density at radius 1 is 1.50 bits per heavy atom. The van der Waals surface area contributed by atoms with E-state index in [2.05, 4.69) is 9.47 Å². The first kappa shape index (κ1) is 6.95. The van der Waals surface area contributed by atoms with Gasteiger partial charge in [-0.1, -0.05) is 0 Å². The summed E-state index contributed by atoms with van der Waals surface area (Å²) in [4.78, 5) is 21.1. The fourth-order valence-corrected chi connectivity index (χ4v) is 0.596. The summed E-state index contributed by atoms with van der Waals surface area (Å²) in [6, 6.07) is 0. The van der Waals surface area contributed by atoms with Crippen molar-refractivity contribution in [3.8, 4) is 0 Å². The summed E-state index contributed by atoms with van der Waals surface area (Å²) in [5, 5.41) is 0. The summed E-state index contributed by atoms with van der Waals surface area (Å²) in [5.74, 6) is -0.895. The number of carbonyl (C=O) groups is 2. The molecule has 0 bridgehead atoms. The third-order valence-electron chi connectivity index (χ3n) is 1.05. The van der Waals surface area contributed by atoms with Gasteiger partial charge in [-0.3, -0.25) is 4.79 Å². The molecule has 1 atom stereocenters. The van der Waals surface area contributed by atoms with Gasteiger partial charge in [-0.15, -0.1) is 0 Å². The Kier molecular flexibility index (Phi) is 1.82. The van der Waals surface area contributed by atoms with Gasteiger partial charge in [0.2, 0.25) is 5.78 Å². The number of esters is 1. The normalized spacial score (nSPS) is 24.7. The summed E-state index contributed by atoms with van der Waals surface area (Å²) < 4.78 is 8.98. The van der Waals surface area contributed by atoms with Gasteiger partial charge < -0.3 is 9.47 Å². The zero-order valence-electron chi connectivity index (χ0n) is 5.37. The predicted molar refractivity (Wildman–Crippen MR) is 31.0 cm³/mol. The molecule has 0 saturated carbocycles. The van der Waals surface area contributed by atoms with Crippen molar-refractivity contribution in [3.05, 3.63) is 12.2 Å². The van der Waals surface area contributed by atoms with Gasteiger partial charge in [0.25, 0.3) is 6.29 Å². The monoisotopic (exact) mass is 142 g/mol. The van der Waals surface area contributed by atoms with Crippen molar-refractivity contribution >= 4 is 11.8 Å². The predicted octanol–water partition coefficient (Wildman–Crippen LogP) is -0.359. The average Bonchev–Trinajstić information content (AvgIpc) is 1.94. The summed E-state index contributed by atoms with van der Waals surface area (Å²) in [5.41, 5.74) is 0. The molecule has 1 unspecified atom stereocenters. The van der Waals surface area contributed by atoms with Gasteiger partial charge in [0.1, 0.15) is 0 Å². The molecule has 1 rings (SSSR count). The lowest BCUT2D eigenvalue weighted by Gasteiger charge is -2.14. The summed E-state index contributed by atoms with van der Waals surface area (Å²) in [6.07, 6.45) is 1.16. The van der Waals surface area contributed by atoms with E-state index in [0.717, 1.165) is 12.2 Å². The van der Waals surface area contributed by atoms with Crippen LogP contribution in [-0.4, -0.2) is 25.2 Å². The molecule has 4 nitrogen and oxygen atoms in total. The SMILES string of the molecule is COC1OC(=O)C=CC1=O. The second-order valence-corrected chi connectivity index (χ2v) is 1.74. The molecule has 0 fully saturated rings. The largest absolute Gasteiger partial charge is 0.424 e. The van der Waals surface area contributed by atoms with Gasteiger partial charge in [-0.05, 0) is 6.08 Å². The van der Waals surface area contributed by atoms with Gasteiger partial charge in [-0.2, -0.15) is 0 Å². The van der Waals surface area contributed by atoms with E-state index >= 15 is 0 Å². The molecule has 10 heavy (non-hydrogen) atoms. The topological polar surface area (TPSA) is 52.6 Å². The third kappa shape index (κ3) is 1.22. The minimum absolute atomic E-state index is 0.345. The molecule has 1 aliphatic heterocycles. The van der Waals surface area contributed by atoms with Crippen LogP contribution >= 0.6 is 0 Å². The quantitative estimate of drug-likeness (QED) is 0.469. The fourth-order valence-electron chi connectivity index (χ4n) is 0.596. The van der Waals surface area contributed by atoms with Crippen LogP contribution < -0.4 is 0 Å². The fraction of sp³-hybridized carbons (Fsp3) is 0.333. The molecule has 0 aromatic heterocycles. The van der Waals surface area contributed by atoms with E-state index in [-0.39, 0.29) is 5.78 Å². The zero-order valence-corrected chi connectivity index (χ0v) is 5.37. The van der Waals surface area contributed by atoms with E-state index in [1.807, 2.05) is 0 Å². The highest BCUT2D eigenvalue weighted by Crippen LogP contribution is 2.03. The molecule has 0 spiro atoms. The molecule has 0 aromatic carbocycles. The number of cyclic esters (lactones) is 1. The number of carbonyl (C=O) groups excluding carboxylic acids is 2. The van der Waals surface area contributed by atoms with Gasteiger partial charge in [-0.25, -0.2) is 4.79 Å². The maximum atomic E-state index is 10.7. The molecule has 4 heteroatoms. The molecule has 0 aromatic rings. The van der Waals surface area contributed by atoms with Gasteiger partial charge in [0, 0.05) is 13.2 Å². The average molecular weight is 142 g/mol. The lowest BCUT2D eigenvalue weighted by molar-refractivity contribution is -0.175. The Bertz CT molecular complexity index is 194. The number of ketones is 1. The van der Waals surface area contributed by atoms with E-state index in [9.17, 15) is 9.59 Å².